The molecule has 29 heavy (non-hydrogen) atoms. The molecule has 0 saturated heterocycles. The zero-order chi connectivity index (χ0) is 21.1. The number of ether oxygens (including phenoxy) is 3. The maximum atomic E-state index is 12.2. The number of rotatable bonds is 4. The summed E-state index contributed by atoms with van der Waals surface area (Å²) in [6.07, 6.45) is -1.01. The first-order valence-electron chi connectivity index (χ1n) is 8.57. The molecule has 0 aromatic heterocycles. The van der Waals surface area contributed by atoms with Gasteiger partial charge in [0.25, 0.3) is 0 Å². The molecule has 0 fully saturated rings. The summed E-state index contributed by atoms with van der Waals surface area (Å²) in [7, 11) is 0. The summed E-state index contributed by atoms with van der Waals surface area (Å²) < 4.78 is 17.2. The van der Waals surface area contributed by atoms with Crippen molar-refractivity contribution in [2.24, 2.45) is 5.10 Å². The molecule has 9 heteroatoms. The number of para-hydroxylation sites is 1. The van der Waals surface area contributed by atoms with Crippen LogP contribution in [0.4, 0.5) is 0 Å². The number of hydrazone groups is 1. The van der Waals surface area contributed by atoms with Crippen molar-refractivity contribution in [1.29, 1.82) is 0 Å². The Hall–Kier alpha value is -3.20. The Morgan fingerprint density at radius 1 is 1.03 bits per heavy atom. The van der Waals surface area contributed by atoms with Gasteiger partial charge in [-0.2, -0.15) is 5.01 Å². The fourth-order valence-electron chi connectivity index (χ4n) is 2.72. The summed E-state index contributed by atoms with van der Waals surface area (Å²) in [4.78, 5) is 35.3. The smallest absolute Gasteiger partial charge is 0.308 e. The summed E-state index contributed by atoms with van der Waals surface area (Å²) in [5, 5.41) is 5.41. The highest BCUT2D eigenvalue weighted by Crippen LogP contribution is 2.41. The predicted octanol–water partition coefficient (Wildman–Crippen LogP) is 3.54. The number of carbonyl (C=O) groups excluding carboxylic acids is 3. The highest BCUT2D eigenvalue weighted by atomic mass is 79.9. The van der Waals surface area contributed by atoms with Crippen LogP contribution in [0.15, 0.2) is 52.0 Å². The van der Waals surface area contributed by atoms with Gasteiger partial charge in [0.1, 0.15) is 0 Å². The van der Waals surface area contributed by atoms with Gasteiger partial charge in [-0.05, 0) is 30.3 Å². The van der Waals surface area contributed by atoms with Gasteiger partial charge in [-0.25, -0.2) is 0 Å². The predicted molar refractivity (Wildman–Crippen MR) is 106 cm³/mol. The number of esters is 2. The van der Waals surface area contributed by atoms with Crippen molar-refractivity contribution in [2.75, 3.05) is 0 Å². The van der Waals surface area contributed by atoms with E-state index >= 15 is 0 Å². The van der Waals surface area contributed by atoms with Crippen LogP contribution in [-0.2, 0) is 19.1 Å². The van der Waals surface area contributed by atoms with Crippen LogP contribution in [0, 0.1) is 0 Å². The van der Waals surface area contributed by atoms with Crippen molar-refractivity contribution in [3.8, 4) is 11.5 Å². The largest absolute Gasteiger partial charge is 0.446 e. The number of benzene rings is 2. The lowest BCUT2D eigenvalue weighted by molar-refractivity contribution is -0.136. The maximum absolute atomic E-state index is 12.2. The normalized spacial score (nSPS) is 15.4. The fourth-order valence-corrected chi connectivity index (χ4v) is 3.12. The first-order valence-corrected chi connectivity index (χ1v) is 9.36. The van der Waals surface area contributed by atoms with Gasteiger partial charge in [-0.3, -0.25) is 14.4 Å². The molecule has 0 N–H and O–H groups in total. The average Bonchev–Trinajstić information content (AvgIpc) is 3.08. The molecule has 0 spiro atoms. The van der Waals surface area contributed by atoms with Crippen LogP contribution in [0.3, 0.4) is 0 Å². The summed E-state index contributed by atoms with van der Waals surface area (Å²) in [5.41, 5.74) is 0.959. The van der Waals surface area contributed by atoms with Gasteiger partial charge >= 0.3 is 11.9 Å². The van der Waals surface area contributed by atoms with Crippen LogP contribution in [0.25, 0.3) is 0 Å². The Balaban J connectivity index is 2.06. The van der Waals surface area contributed by atoms with Crippen molar-refractivity contribution in [1.82, 2.24) is 5.01 Å². The minimum absolute atomic E-state index is 0.0165. The zero-order valence-corrected chi connectivity index (χ0v) is 17.4. The first kappa shape index (κ1) is 20.5. The third-order valence-electron chi connectivity index (χ3n) is 3.81. The molecule has 1 amide bonds. The summed E-state index contributed by atoms with van der Waals surface area (Å²) in [6, 6.07) is 11.9. The molecule has 0 radical (unpaired) electrons. The second-order valence-electron chi connectivity index (χ2n) is 6.11. The Morgan fingerprint density at radius 3 is 2.34 bits per heavy atom. The van der Waals surface area contributed by atoms with Crippen molar-refractivity contribution in [3.63, 3.8) is 0 Å². The van der Waals surface area contributed by atoms with Gasteiger partial charge in [0, 0.05) is 30.8 Å². The SMILES string of the molecule is CC(=O)Oc1cccc(C2OC(c3cccc(Br)c3)=NN2C(C)=O)c1OC(C)=O. The van der Waals surface area contributed by atoms with Crippen molar-refractivity contribution in [2.45, 2.75) is 27.0 Å². The number of amides is 1. The van der Waals surface area contributed by atoms with E-state index in [1.165, 1.54) is 26.8 Å². The third-order valence-corrected chi connectivity index (χ3v) is 4.31. The van der Waals surface area contributed by atoms with Gasteiger partial charge in [0.15, 0.2) is 11.5 Å². The highest BCUT2D eigenvalue weighted by molar-refractivity contribution is 9.10. The quantitative estimate of drug-likeness (QED) is 0.511. The summed E-state index contributed by atoms with van der Waals surface area (Å²) in [6.45, 7) is 3.79. The van der Waals surface area contributed by atoms with E-state index < -0.39 is 18.2 Å². The molecule has 2 aromatic carbocycles. The minimum atomic E-state index is -1.01. The highest BCUT2D eigenvalue weighted by Gasteiger charge is 2.36. The molecule has 150 valence electrons. The molecular formula is C20H17BrN2O6. The molecule has 1 aliphatic heterocycles. The van der Waals surface area contributed by atoms with E-state index in [0.29, 0.717) is 11.1 Å². The zero-order valence-electron chi connectivity index (χ0n) is 15.8. The molecule has 1 aliphatic rings. The van der Waals surface area contributed by atoms with E-state index in [1.54, 1.807) is 24.3 Å². The number of hydrogen-bond acceptors (Lipinski definition) is 7. The first-order chi connectivity index (χ1) is 13.8. The lowest BCUT2D eigenvalue weighted by atomic mass is 10.1. The monoisotopic (exact) mass is 460 g/mol. The minimum Gasteiger partial charge on any atom is -0.446 e. The lowest BCUT2D eigenvalue weighted by Gasteiger charge is -2.22. The van der Waals surface area contributed by atoms with Crippen LogP contribution < -0.4 is 9.47 Å². The summed E-state index contributed by atoms with van der Waals surface area (Å²) >= 11 is 3.39. The van der Waals surface area contributed by atoms with Gasteiger partial charge in [-0.1, -0.05) is 28.1 Å². The molecule has 1 heterocycles. The van der Waals surface area contributed by atoms with E-state index in [4.69, 9.17) is 14.2 Å². The van der Waals surface area contributed by atoms with Gasteiger partial charge in [0.05, 0.1) is 5.56 Å². The van der Waals surface area contributed by atoms with E-state index in [-0.39, 0.29) is 23.3 Å². The number of halogens is 1. The maximum Gasteiger partial charge on any atom is 0.308 e. The number of nitrogens with zero attached hydrogens (tertiary/aromatic N) is 2. The van der Waals surface area contributed by atoms with Crippen LogP contribution in [0.2, 0.25) is 0 Å². The van der Waals surface area contributed by atoms with E-state index in [9.17, 15) is 14.4 Å². The van der Waals surface area contributed by atoms with E-state index in [0.717, 1.165) is 9.48 Å². The molecule has 0 aliphatic carbocycles. The van der Waals surface area contributed by atoms with Crippen LogP contribution in [-0.4, -0.2) is 28.8 Å². The molecule has 1 unspecified atom stereocenters. The summed E-state index contributed by atoms with van der Waals surface area (Å²) in [5.74, 6) is -1.35. The van der Waals surface area contributed by atoms with Crippen LogP contribution in [0.1, 0.15) is 38.1 Å². The standard InChI is InChI=1S/C20H17BrN2O6/c1-11(24)23-20(29-19(22-23)14-6-4-7-15(21)10-14)16-8-5-9-17(27-12(2)25)18(16)28-13(3)26/h4-10,20H,1-3H3. The average molecular weight is 461 g/mol. The third kappa shape index (κ3) is 4.62. The molecule has 3 rings (SSSR count). The number of hydrogen-bond donors (Lipinski definition) is 0. The van der Waals surface area contributed by atoms with Crippen molar-refractivity contribution < 1.29 is 28.6 Å². The molecule has 0 bridgehead atoms. The molecular weight excluding hydrogens is 444 g/mol. The Kier molecular flexibility index (Phi) is 5.97. The molecule has 2 aromatic rings. The Bertz CT molecular complexity index is 1020. The van der Waals surface area contributed by atoms with Crippen molar-refractivity contribution >= 4 is 39.7 Å². The van der Waals surface area contributed by atoms with Gasteiger partial charge in [-0.15, -0.1) is 5.10 Å². The Labute approximate surface area is 175 Å². The van der Waals surface area contributed by atoms with Crippen LogP contribution >= 0.6 is 15.9 Å². The van der Waals surface area contributed by atoms with Gasteiger partial charge in [0.2, 0.25) is 18.0 Å². The molecule has 1 atom stereocenters. The number of carbonyl (C=O) groups is 3. The van der Waals surface area contributed by atoms with E-state index in [2.05, 4.69) is 21.0 Å². The second-order valence-corrected chi connectivity index (χ2v) is 7.03. The van der Waals surface area contributed by atoms with Crippen LogP contribution in [0.5, 0.6) is 11.5 Å². The van der Waals surface area contributed by atoms with Crippen molar-refractivity contribution in [3.05, 3.63) is 58.1 Å². The van der Waals surface area contributed by atoms with Gasteiger partial charge < -0.3 is 14.2 Å². The van der Waals surface area contributed by atoms with E-state index in [1.807, 2.05) is 12.1 Å². The fraction of sp³-hybridized carbons (Fsp3) is 0.200. The lowest BCUT2D eigenvalue weighted by Crippen LogP contribution is -2.26. The topological polar surface area (TPSA) is 94.5 Å². The molecule has 0 saturated carbocycles. The molecule has 8 nitrogen and oxygen atoms in total. The second kappa shape index (κ2) is 8.44. The Morgan fingerprint density at radius 2 is 1.72 bits per heavy atom.